The molecule has 1 aliphatic rings. The Hall–Kier alpha value is -0.920. The third kappa shape index (κ3) is 3.21. The van der Waals surface area contributed by atoms with Crippen molar-refractivity contribution in [3.8, 4) is 0 Å². The maximum absolute atomic E-state index is 12.5. The summed E-state index contributed by atoms with van der Waals surface area (Å²) in [6, 6.07) is 1.64. The van der Waals surface area contributed by atoms with E-state index in [1.54, 1.807) is 13.0 Å². The molecule has 1 aromatic rings. The van der Waals surface area contributed by atoms with Crippen LogP contribution in [0.3, 0.4) is 0 Å². The number of nitrogens with one attached hydrogen (secondary N) is 1. The van der Waals surface area contributed by atoms with Crippen LogP contribution in [0, 0.1) is 13.8 Å². The average Bonchev–Trinajstić information content (AvgIpc) is 2.84. The van der Waals surface area contributed by atoms with E-state index < -0.39 is 21.5 Å². The minimum atomic E-state index is -3.66. The molecule has 7 heteroatoms. The Labute approximate surface area is 123 Å². The maximum Gasteiger partial charge on any atom is 0.305 e. The van der Waals surface area contributed by atoms with Crippen LogP contribution in [0.1, 0.15) is 41.9 Å². The van der Waals surface area contributed by atoms with Gasteiger partial charge in [0.05, 0.1) is 11.3 Å². The number of rotatable bonds is 5. The van der Waals surface area contributed by atoms with Gasteiger partial charge in [0.2, 0.25) is 10.0 Å². The number of sulfonamides is 1. The van der Waals surface area contributed by atoms with Crippen LogP contribution in [0.2, 0.25) is 0 Å². The quantitative estimate of drug-likeness (QED) is 0.873. The van der Waals surface area contributed by atoms with Crippen molar-refractivity contribution in [3.63, 3.8) is 0 Å². The van der Waals surface area contributed by atoms with Crippen molar-refractivity contribution in [1.29, 1.82) is 0 Å². The second-order valence-electron chi connectivity index (χ2n) is 5.44. The Morgan fingerprint density at radius 1 is 1.40 bits per heavy atom. The molecule has 0 saturated heterocycles. The lowest BCUT2D eigenvalue weighted by Crippen LogP contribution is -2.47. The van der Waals surface area contributed by atoms with E-state index >= 15 is 0 Å². The first-order valence-electron chi connectivity index (χ1n) is 6.57. The summed E-state index contributed by atoms with van der Waals surface area (Å²) in [6.45, 7) is 3.63. The van der Waals surface area contributed by atoms with E-state index in [9.17, 15) is 13.2 Å². The average molecular weight is 317 g/mol. The zero-order valence-corrected chi connectivity index (χ0v) is 13.2. The number of hydrogen-bond donors (Lipinski definition) is 2. The van der Waals surface area contributed by atoms with Crippen LogP contribution in [0.4, 0.5) is 0 Å². The van der Waals surface area contributed by atoms with Crippen LogP contribution < -0.4 is 4.72 Å². The Morgan fingerprint density at radius 2 is 2.00 bits per heavy atom. The van der Waals surface area contributed by atoms with Crippen LogP contribution in [0.25, 0.3) is 0 Å². The lowest BCUT2D eigenvalue weighted by molar-refractivity contribution is -0.138. The number of thiophene rings is 1. The molecule has 5 nitrogen and oxygen atoms in total. The van der Waals surface area contributed by atoms with E-state index in [4.69, 9.17) is 5.11 Å². The second-order valence-corrected chi connectivity index (χ2v) is 8.55. The maximum atomic E-state index is 12.5. The first-order chi connectivity index (χ1) is 9.24. The van der Waals surface area contributed by atoms with Gasteiger partial charge in [-0.3, -0.25) is 4.79 Å². The van der Waals surface area contributed by atoms with Crippen LogP contribution in [-0.2, 0) is 14.8 Å². The fourth-order valence-electron chi connectivity index (χ4n) is 2.87. The molecule has 0 spiro atoms. The van der Waals surface area contributed by atoms with Crippen LogP contribution in [0.5, 0.6) is 0 Å². The standard InChI is InChI=1S/C13H19NO4S2/c1-9-7-11(10(2)19-9)20(17,18)14-13(8-12(15)16)5-3-4-6-13/h7,14H,3-6,8H2,1-2H3,(H,15,16). The van der Waals surface area contributed by atoms with Crippen molar-refractivity contribution < 1.29 is 18.3 Å². The molecule has 2 rings (SSSR count). The lowest BCUT2D eigenvalue weighted by Gasteiger charge is -2.28. The molecule has 0 unspecified atom stereocenters. The van der Waals surface area contributed by atoms with Gasteiger partial charge >= 0.3 is 5.97 Å². The van der Waals surface area contributed by atoms with E-state index in [2.05, 4.69) is 4.72 Å². The van der Waals surface area contributed by atoms with Gasteiger partial charge in [-0.05, 0) is 32.8 Å². The topological polar surface area (TPSA) is 83.5 Å². The van der Waals surface area contributed by atoms with Gasteiger partial charge in [-0.15, -0.1) is 11.3 Å². The lowest BCUT2D eigenvalue weighted by atomic mass is 9.95. The van der Waals surface area contributed by atoms with E-state index in [1.165, 1.54) is 11.3 Å². The predicted molar refractivity (Wildman–Crippen MR) is 77.6 cm³/mol. The number of carbonyl (C=O) groups is 1. The SMILES string of the molecule is Cc1cc(S(=O)(=O)NC2(CC(=O)O)CCCC2)c(C)s1. The second kappa shape index (κ2) is 5.46. The Morgan fingerprint density at radius 3 is 2.45 bits per heavy atom. The van der Waals surface area contributed by atoms with Crippen LogP contribution in [-0.4, -0.2) is 25.0 Å². The van der Waals surface area contributed by atoms with Crippen molar-refractivity contribution in [2.24, 2.45) is 0 Å². The fraction of sp³-hybridized carbons (Fsp3) is 0.615. The fourth-order valence-corrected chi connectivity index (χ4v) is 5.89. The summed E-state index contributed by atoms with van der Waals surface area (Å²) in [7, 11) is -3.66. The normalized spacial score (nSPS) is 18.3. The Balaban J connectivity index is 2.30. The molecule has 1 fully saturated rings. The van der Waals surface area contributed by atoms with Gasteiger partial charge in [0.1, 0.15) is 0 Å². The van der Waals surface area contributed by atoms with Crippen molar-refractivity contribution in [1.82, 2.24) is 4.72 Å². The molecule has 1 heterocycles. The van der Waals surface area contributed by atoms with Crippen LogP contribution in [0.15, 0.2) is 11.0 Å². The van der Waals surface area contributed by atoms with E-state index in [-0.39, 0.29) is 11.3 Å². The summed E-state index contributed by atoms with van der Waals surface area (Å²) >= 11 is 1.43. The van der Waals surface area contributed by atoms with E-state index in [0.717, 1.165) is 22.6 Å². The molecule has 0 atom stereocenters. The number of aliphatic carboxylic acids is 1. The highest BCUT2D eigenvalue weighted by atomic mass is 32.2. The molecule has 20 heavy (non-hydrogen) atoms. The van der Waals surface area contributed by atoms with Crippen molar-refractivity contribution in [2.45, 2.75) is 56.4 Å². The van der Waals surface area contributed by atoms with Gasteiger partial charge in [-0.25, -0.2) is 13.1 Å². The molecule has 2 N–H and O–H groups in total. The van der Waals surface area contributed by atoms with Crippen molar-refractivity contribution >= 4 is 27.3 Å². The molecule has 0 aromatic carbocycles. The monoisotopic (exact) mass is 317 g/mol. The number of carboxylic acids is 1. The van der Waals surface area contributed by atoms with Gasteiger partial charge in [0.25, 0.3) is 0 Å². The highest BCUT2D eigenvalue weighted by Gasteiger charge is 2.40. The third-order valence-corrected chi connectivity index (χ3v) is 6.49. The molecule has 1 aromatic heterocycles. The molecule has 0 aliphatic heterocycles. The molecule has 0 amide bonds. The highest BCUT2D eigenvalue weighted by Crippen LogP contribution is 2.35. The molecule has 0 radical (unpaired) electrons. The Kier molecular flexibility index (Phi) is 4.22. The number of hydrogen-bond acceptors (Lipinski definition) is 4. The molecule has 1 aliphatic carbocycles. The summed E-state index contributed by atoms with van der Waals surface area (Å²) < 4.78 is 27.7. The van der Waals surface area contributed by atoms with Gasteiger partial charge in [0, 0.05) is 15.3 Å². The highest BCUT2D eigenvalue weighted by molar-refractivity contribution is 7.89. The molecule has 112 valence electrons. The molecular formula is C13H19NO4S2. The summed E-state index contributed by atoms with van der Waals surface area (Å²) in [5, 5.41) is 9.03. The summed E-state index contributed by atoms with van der Waals surface area (Å²) in [5.74, 6) is -0.965. The summed E-state index contributed by atoms with van der Waals surface area (Å²) in [6.07, 6.45) is 2.73. The minimum Gasteiger partial charge on any atom is -0.481 e. The van der Waals surface area contributed by atoms with Gasteiger partial charge in [-0.2, -0.15) is 0 Å². The zero-order chi connectivity index (χ0) is 15.0. The smallest absolute Gasteiger partial charge is 0.305 e. The summed E-state index contributed by atoms with van der Waals surface area (Å²) in [4.78, 5) is 13.0. The minimum absolute atomic E-state index is 0.158. The van der Waals surface area contributed by atoms with E-state index in [0.29, 0.717) is 12.8 Å². The van der Waals surface area contributed by atoms with Crippen molar-refractivity contribution in [2.75, 3.05) is 0 Å². The third-order valence-electron chi connectivity index (χ3n) is 3.69. The summed E-state index contributed by atoms with van der Waals surface area (Å²) in [5.41, 5.74) is -0.826. The van der Waals surface area contributed by atoms with Gasteiger partial charge in [0.15, 0.2) is 0 Å². The van der Waals surface area contributed by atoms with Crippen LogP contribution >= 0.6 is 11.3 Å². The van der Waals surface area contributed by atoms with Gasteiger partial charge in [-0.1, -0.05) is 12.8 Å². The largest absolute Gasteiger partial charge is 0.481 e. The number of carboxylic acid groups (broad SMARTS) is 1. The zero-order valence-electron chi connectivity index (χ0n) is 11.6. The van der Waals surface area contributed by atoms with E-state index in [1.807, 2.05) is 6.92 Å². The first-order valence-corrected chi connectivity index (χ1v) is 8.87. The Bertz CT molecular complexity index is 612. The predicted octanol–water partition coefficient (Wildman–Crippen LogP) is 2.43. The number of aryl methyl sites for hydroxylation is 2. The van der Waals surface area contributed by atoms with Gasteiger partial charge < -0.3 is 5.11 Å². The molecular weight excluding hydrogens is 298 g/mol. The van der Waals surface area contributed by atoms with Crippen molar-refractivity contribution in [3.05, 3.63) is 15.8 Å². The first kappa shape index (κ1) is 15.5. The molecule has 1 saturated carbocycles. The molecule has 0 bridgehead atoms.